The van der Waals surface area contributed by atoms with Crippen LogP contribution >= 0.6 is 0 Å². The Bertz CT molecular complexity index is 920. The maximum Gasteiger partial charge on any atom is 0.470 e. The highest BCUT2D eigenvalue weighted by Gasteiger charge is 2.59. The van der Waals surface area contributed by atoms with E-state index in [0.717, 1.165) is 0 Å². The molecular formula is C9H7F12O6S3-. The summed E-state index contributed by atoms with van der Waals surface area (Å²) < 4.78 is 215. The molecule has 0 rings (SSSR count). The van der Waals surface area contributed by atoms with Gasteiger partial charge in [0, 0.05) is 5.75 Å². The second kappa shape index (κ2) is 8.17. The van der Waals surface area contributed by atoms with Crippen LogP contribution in [-0.4, -0.2) is 60.3 Å². The molecule has 182 valence electrons. The Morgan fingerprint density at radius 3 is 1.33 bits per heavy atom. The Kier molecular flexibility index (Phi) is 7.90. The van der Waals surface area contributed by atoms with Crippen molar-refractivity contribution < 1.29 is 77.9 Å². The van der Waals surface area contributed by atoms with Gasteiger partial charge >= 0.3 is 24.0 Å². The van der Waals surface area contributed by atoms with E-state index in [1.165, 1.54) is 0 Å². The van der Waals surface area contributed by atoms with Crippen LogP contribution in [0.2, 0.25) is 0 Å². The Balaban J connectivity index is 7.00. The van der Waals surface area contributed by atoms with Gasteiger partial charge in [0.1, 0.15) is 5.25 Å². The number of hydrogen-bond acceptors (Lipinski definition) is 6. The van der Waals surface area contributed by atoms with E-state index in [0.29, 0.717) is 0 Å². The molecule has 0 aromatic heterocycles. The normalized spacial score (nSPS) is 16.7. The van der Waals surface area contributed by atoms with Crippen LogP contribution in [0.3, 0.4) is 0 Å². The summed E-state index contributed by atoms with van der Waals surface area (Å²) in [6.45, 7) is 0. The lowest BCUT2D eigenvalue weighted by atomic mass is 10.3. The van der Waals surface area contributed by atoms with Gasteiger partial charge in [-0.05, 0) is 0 Å². The number of sulfone groups is 3. The van der Waals surface area contributed by atoms with E-state index < -0.39 is 81.3 Å². The van der Waals surface area contributed by atoms with Crippen molar-refractivity contribution >= 4 is 29.5 Å². The molecule has 1 unspecified atom stereocenters. The summed E-state index contributed by atoms with van der Waals surface area (Å²) in [5.41, 5.74) is -7.00. The zero-order valence-corrected chi connectivity index (χ0v) is 15.9. The van der Waals surface area contributed by atoms with Crippen LogP contribution in [0.1, 0.15) is 12.8 Å². The van der Waals surface area contributed by atoms with Crippen molar-refractivity contribution in [2.24, 2.45) is 0 Å². The van der Waals surface area contributed by atoms with Crippen molar-refractivity contribution in [1.82, 2.24) is 0 Å². The summed E-state index contributed by atoms with van der Waals surface area (Å²) in [7, 11) is -22.4. The molecule has 21 heteroatoms. The largest absolute Gasteiger partial charge is 0.470 e. The molecule has 0 fully saturated rings. The fourth-order valence-corrected chi connectivity index (χ4v) is 9.24. The number of halogens is 12. The minimum Gasteiger partial charge on any atom is -0.260 e. The van der Waals surface area contributed by atoms with Crippen LogP contribution in [0.25, 0.3) is 0 Å². The fraction of sp³-hybridized carbons (Fsp3) is 0.889. The van der Waals surface area contributed by atoms with Crippen molar-refractivity contribution in [2.45, 2.75) is 42.1 Å². The van der Waals surface area contributed by atoms with Crippen LogP contribution in [0.4, 0.5) is 52.7 Å². The summed E-state index contributed by atoms with van der Waals surface area (Å²) in [5, 5.41) is -5.07. The fourth-order valence-electron chi connectivity index (χ4n) is 1.65. The molecule has 0 aromatic carbocycles. The van der Waals surface area contributed by atoms with E-state index in [2.05, 4.69) is 0 Å². The van der Waals surface area contributed by atoms with Crippen LogP contribution in [0.15, 0.2) is 0 Å². The van der Waals surface area contributed by atoms with Gasteiger partial charge in [-0.15, -0.1) is 0 Å². The summed E-state index contributed by atoms with van der Waals surface area (Å²) >= 11 is 0. The molecule has 0 saturated carbocycles. The molecule has 0 aliphatic carbocycles. The van der Waals surface area contributed by atoms with Crippen LogP contribution < -0.4 is 0 Å². The van der Waals surface area contributed by atoms with Gasteiger partial charge in [-0.2, -0.15) is 52.7 Å². The van der Waals surface area contributed by atoms with Gasteiger partial charge in [-0.1, -0.05) is 0 Å². The van der Waals surface area contributed by atoms with Crippen molar-refractivity contribution in [3.8, 4) is 0 Å². The molecule has 6 nitrogen and oxygen atoms in total. The standard InChI is InChI=1S/C9H7F12O6S3/c10-6(11,12)1-2-28(22,23)5(30(26,27)9(19,20)21)29(24,25)4(8(16,17)18)3-7(13,14)15/h4H,1-3H2/q-1. The molecule has 0 aromatic rings. The first-order chi connectivity index (χ1) is 12.7. The zero-order chi connectivity index (χ0) is 24.8. The second-order valence-electron chi connectivity index (χ2n) is 5.28. The Labute approximate surface area is 160 Å². The Hall–Kier alpha value is -0.990. The highest BCUT2D eigenvalue weighted by molar-refractivity contribution is 8.29. The lowest BCUT2D eigenvalue weighted by Crippen LogP contribution is -2.48. The predicted molar refractivity (Wildman–Crippen MR) is 72.1 cm³/mol. The van der Waals surface area contributed by atoms with Crippen molar-refractivity contribution in [2.75, 3.05) is 5.75 Å². The van der Waals surface area contributed by atoms with Gasteiger partial charge in [-0.25, -0.2) is 0 Å². The lowest BCUT2D eigenvalue weighted by molar-refractivity contribution is -0.179. The van der Waals surface area contributed by atoms with Gasteiger partial charge in [0.2, 0.25) is 0 Å². The molecule has 0 saturated heterocycles. The first kappa shape index (κ1) is 29.0. The van der Waals surface area contributed by atoms with E-state index in [1.54, 1.807) is 0 Å². The molecule has 0 aliphatic rings. The van der Waals surface area contributed by atoms with Gasteiger partial charge in [0.15, 0.2) is 9.84 Å². The summed E-state index contributed by atoms with van der Waals surface area (Å²) in [6, 6.07) is 0. The Morgan fingerprint density at radius 1 is 0.667 bits per heavy atom. The minimum atomic E-state index is -7.88. The quantitative estimate of drug-likeness (QED) is 0.367. The first-order valence-corrected chi connectivity index (χ1v) is 11.2. The molecule has 0 heterocycles. The summed E-state index contributed by atoms with van der Waals surface area (Å²) in [4.78, 5) is 0. The van der Waals surface area contributed by atoms with Gasteiger partial charge < -0.3 is 0 Å². The van der Waals surface area contributed by atoms with Crippen LogP contribution in [0, 0.1) is 3.91 Å². The second-order valence-corrected chi connectivity index (χ2v) is 12.0. The van der Waals surface area contributed by atoms with Crippen LogP contribution in [0.5, 0.6) is 0 Å². The molecule has 0 aliphatic heterocycles. The first-order valence-electron chi connectivity index (χ1n) is 6.51. The average molecular weight is 535 g/mol. The highest BCUT2D eigenvalue weighted by Crippen LogP contribution is 2.45. The lowest BCUT2D eigenvalue weighted by Gasteiger charge is -2.35. The molecule has 1 atom stereocenters. The minimum absolute atomic E-state index is 2.72. The van der Waals surface area contributed by atoms with E-state index in [9.17, 15) is 77.9 Å². The predicted octanol–water partition coefficient (Wildman–Crippen LogP) is 3.03. The van der Waals surface area contributed by atoms with E-state index in [-0.39, 0.29) is 0 Å². The van der Waals surface area contributed by atoms with Gasteiger partial charge in [0.05, 0.1) is 36.4 Å². The van der Waals surface area contributed by atoms with E-state index in [1.807, 2.05) is 0 Å². The number of alkyl halides is 12. The molecule has 0 N–H and O–H groups in total. The van der Waals surface area contributed by atoms with E-state index in [4.69, 9.17) is 0 Å². The molecule has 0 radical (unpaired) electrons. The maximum absolute atomic E-state index is 12.8. The SMILES string of the molecule is O=S(=O)(CCC(F)(F)F)[C-](S(=O)(=O)C(CC(F)(F)F)C(F)(F)F)S(=O)(=O)C(F)(F)F. The molecule has 30 heavy (non-hydrogen) atoms. The molecule has 0 spiro atoms. The number of hydrogen-bond donors (Lipinski definition) is 0. The topological polar surface area (TPSA) is 102 Å². The van der Waals surface area contributed by atoms with Gasteiger partial charge in [-0.3, -0.25) is 25.3 Å². The third-order valence-corrected chi connectivity index (χ3v) is 11.0. The van der Waals surface area contributed by atoms with Crippen molar-refractivity contribution in [3.63, 3.8) is 0 Å². The highest BCUT2D eigenvalue weighted by atomic mass is 32.3. The average Bonchev–Trinajstić information content (AvgIpc) is 2.37. The Morgan fingerprint density at radius 2 is 1.07 bits per heavy atom. The third-order valence-electron chi connectivity index (χ3n) is 2.82. The monoisotopic (exact) mass is 535 g/mol. The third kappa shape index (κ3) is 7.31. The summed E-state index contributed by atoms with van der Waals surface area (Å²) in [6.07, 6.45) is -24.7. The maximum atomic E-state index is 12.8. The smallest absolute Gasteiger partial charge is 0.260 e. The van der Waals surface area contributed by atoms with Crippen LogP contribution in [-0.2, 0) is 29.5 Å². The van der Waals surface area contributed by atoms with Crippen molar-refractivity contribution in [1.29, 1.82) is 0 Å². The molecule has 0 bridgehead atoms. The van der Waals surface area contributed by atoms with Crippen molar-refractivity contribution in [3.05, 3.63) is 3.91 Å². The zero-order valence-electron chi connectivity index (χ0n) is 13.4. The van der Waals surface area contributed by atoms with Gasteiger partial charge in [0.25, 0.3) is 0 Å². The van der Waals surface area contributed by atoms with E-state index >= 15 is 0 Å². The number of rotatable bonds is 7. The summed E-state index contributed by atoms with van der Waals surface area (Å²) in [5.74, 6) is -2.81. The molecule has 0 amide bonds. The molecular weight excluding hydrogens is 528 g/mol.